The molecule has 2 heterocycles. The summed E-state index contributed by atoms with van der Waals surface area (Å²) in [4.78, 5) is 61.0. The molecule has 370 valence electrons. The number of rotatable bonds is 19. The first kappa shape index (κ1) is 53.0. The summed E-state index contributed by atoms with van der Waals surface area (Å²) in [5.74, 6) is -1.57. The highest BCUT2D eigenvalue weighted by atomic mass is 35.5. The van der Waals surface area contributed by atoms with Crippen molar-refractivity contribution in [1.29, 1.82) is 5.26 Å². The number of β-amino-alcohol motifs (C(OH)–C–C–N with tert-alkyl or cyclic N) is 1. The Bertz CT molecular complexity index is 2520. The summed E-state index contributed by atoms with van der Waals surface area (Å²) in [6.07, 6.45) is 2.41. The number of hydrogen-bond acceptors (Lipinski definition) is 10. The van der Waals surface area contributed by atoms with Crippen LogP contribution in [0.25, 0.3) is 10.4 Å². The molecule has 0 radical (unpaired) electrons. The zero-order valence-corrected chi connectivity index (χ0v) is 42.7. The highest BCUT2D eigenvalue weighted by Gasteiger charge is 2.64. The Morgan fingerprint density at radius 3 is 2.32 bits per heavy atom. The predicted octanol–water partition coefficient (Wildman–Crippen LogP) is 8.88. The van der Waals surface area contributed by atoms with Crippen LogP contribution in [0, 0.1) is 40.3 Å². The van der Waals surface area contributed by atoms with Gasteiger partial charge in [0.25, 0.3) is 5.91 Å². The molecule has 0 bridgehead atoms. The van der Waals surface area contributed by atoms with E-state index in [1.807, 2.05) is 98.2 Å². The van der Waals surface area contributed by atoms with Crippen molar-refractivity contribution in [3.8, 4) is 22.3 Å². The quantitative estimate of drug-likeness (QED) is 0.0667. The number of benzene rings is 3. The second-order valence-electron chi connectivity index (χ2n) is 20.7. The third-order valence-corrected chi connectivity index (χ3v) is 14.8. The number of likely N-dealkylation sites (tertiary alicyclic amines) is 1. The van der Waals surface area contributed by atoms with Gasteiger partial charge in [-0.15, -0.1) is 11.3 Å². The van der Waals surface area contributed by atoms with Crippen molar-refractivity contribution < 1.29 is 38.1 Å². The Morgan fingerprint density at radius 1 is 1.00 bits per heavy atom. The van der Waals surface area contributed by atoms with E-state index in [-0.39, 0.29) is 55.1 Å². The van der Waals surface area contributed by atoms with Crippen LogP contribution >= 0.6 is 22.9 Å². The number of amides is 4. The van der Waals surface area contributed by atoms with Crippen LogP contribution in [0.2, 0.25) is 5.02 Å². The van der Waals surface area contributed by atoms with Gasteiger partial charge in [0.2, 0.25) is 17.7 Å². The van der Waals surface area contributed by atoms with E-state index in [1.165, 1.54) is 11.0 Å². The predicted molar refractivity (Wildman–Crippen MR) is 265 cm³/mol. The van der Waals surface area contributed by atoms with Crippen LogP contribution in [0.4, 0.5) is 4.39 Å². The summed E-state index contributed by atoms with van der Waals surface area (Å²) in [7, 11) is 0. The number of carbonyl (C=O) groups excluding carboxylic acids is 4. The third kappa shape index (κ3) is 12.5. The fourth-order valence-electron chi connectivity index (χ4n) is 9.96. The lowest BCUT2D eigenvalue weighted by Gasteiger charge is -2.63. The maximum Gasteiger partial charge on any atom is 0.251 e. The molecule has 2 aliphatic rings. The van der Waals surface area contributed by atoms with Gasteiger partial charge in [0.1, 0.15) is 42.4 Å². The molecule has 13 nitrogen and oxygen atoms in total. The van der Waals surface area contributed by atoms with Gasteiger partial charge in [-0.05, 0) is 79.5 Å². The summed E-state index contributed by atoms with van der Waals surface area (Å²) < 4.78 is 27.3. The number of ether oxygens (including phenoxy) is 2. The highest BCUT2D eigenvalue weighted by molar-refractivity contribution is 7.13. The molecule has 4 amide bonds. The molecule has 1 aliphatic heterocycles. The van der Waals surface area contributed by atoms with E-state index in [2.05, 4.69) is 20.9 Å². The second kappa shape index (κ2) is 22.1. The Labute approximate surface area is 414 Å². The van der Waals surface area contributed by atoms with E-state index in [0.29, 0.717) is 41.3 Å². The molecule has 3 aromatic carbocycles. The van der Waals surface area contributed by atoms with Crippen LogP contribution in [0.5, 0.6) is 5.75 Å². The van der Waals surface area contributed by atoms with Crippen molar-refractivity contribution in [3.63, 3.8) is 0 Å². The van der Waals surface area contributed by atoms with Crippen molar-refractivity contribution >= 4 is 46.6 Å². The van der Waals surface area contributed by atoms with E-state index in [9.17, 15) is 29.5 Å². The number of aliphatic hydroxyl groups excluding tert-OH is 1. The number of nitrogens with zero attached hydrogens (tertiary/aromatic N) is 3. The van der Waals surface area contributed by atoms with Crippen LogP contribution < -0.4 is 20.7 Å². The van der Waals surface area contributed by atoms with Crippen molar-refractivity contribution in [1.82, 2.24) is 25.8 Å². The molecule has 1 saturated heterocycles. The van der Waals surface area contributed by atoms with Crippen molar-refractivity contribution in [2.45, 2.75) is 137 Å². The molecule has 4 N–H and O–H groups in total. The molecule has 6 rings (SSSR count). The number of halogens is 2. The minimum Gasteiger partial charge on any atom is -0.489 e. The van der Waals surface area contributed by atoms with Crippen LogP contribution in [0.1, 0.15) is 126 Å². The molecular formula is C53H66ClFN6O7S. The average Bonchev–Trinajstić information content (AvgIpc) is 3.92. The maximum absolute atomic E-state index is 15.3. The smallest absolute Gasteiger partial charge is 0.251 e. The van der Waals surface area contributed by atoms with Crippen LogP contribution in [0.15, 0.2) is 66.2 Å². The standard InChI is InChI=1S/C53H66ClFN6O7S/c1-31(33-15-18-35(19-16-33)44-32(2)57-30-69-44)58-47(65)42-25-38(62)28-61(42)48(66)45(51(3,4)5)59-43(63)29-67-23-13-11-10-12-14-34-17-20-36(24-41(34)55)46(64)60-49-52(6,7)50(53(49,8)9)68-39-22-21-37(27-56)40(54)26-39/h15-22,24,26,30-31,38,42,45,49-50,62H,10-14,23,25,28-29H2,1-9H3,(H,58,65)(H,59,63)(H,60,64)/t31-,38+,42-,45+,49?,50?/m0/s1. The highest BCUT2D eigenvalue weighted by Crippen LogP contribution is 2.55. The van der Waals surface area contributed by atoms with Gasteiger partial charge in [0.15, 0.2) is 0 Å². The molecule has 1 aliphatic carbocycles. The molecule has 1 saturated carbocycles. The fraction of sp³-hybridized carbons (Fsp3) is 0.509. The zero-order valence-electron chi connectivity index (χ0n) is 41.1. The number of aryl methyl sites for hydroxylation is 2. The monoisotopic (exact) mass is 984 g/mol. The Morgan fingerprint density at radius 2 is 1.70 bits per heavy atom. The lowest BCUT2D eigenvalue weighted by molar-refractivity contribution is -0.164. The Balaban J connectivity index is 0.901. The maximum atomic E-state index is 15.3. The summed E-state index contributed by atoms with van der Waals surface area (Å²) in [6, 6.07) is 17.0. The van der Waals surface area contributed by atoms with Gasteiger partial charge >= 0.3 is 0 Å². The molecule has 69 heavy (non-hydrogen) atoms. The molecule has 4 aromatic rings. The molecule has 0 spiro atoms. The third-order valence-electron chi connectivity index (χ3n) is 13.5. The average molecular weight is 986 g/mol. The molecule has 1 aromatic heterocycles. The van der Waals surface area contributed by atoms with Crippen molar-refractivity contribution in [2.24, 2.45) is 16.2 Å². The lowest BCUT2D eigenvalue weighted by Crippen LogP contribution is -2.74. The Kier molecular flexibility index (Phi) is 17.0. The Hall–Kier alpha value is -5.40. The number of aliphatic hydroxyl groups is 1. The number of hydrogen-bond donors (Lipinski definition) is 4. The number of carbonyl (C=O) groups is 4. The van der Waals surface area contributed by atoms with Crippen LogP contribution in [-0.2, 0) is 25.5 Å². The van der Waals surface area contributed by atoms with Gasteiger partial charge in [-0.2, -0.15) is 5.26 Å². The normalized spacial score (nSPS) is 20.2. The van der Waals surface area contributed by atoms with E-state index in [0.717, 1.165) is 41.0 Å². The number of unbranched alkanes of at least 4 members (excludes halogenated alkanes) is 3. The summed E-state index contributed by atoms with van der Waals surface area (Å²) in [6.45, 7) is 17.4. The van der Waals surface area contributed by atoms with E-state index in [4.69, 9.17) is 21.1 Å². The first-order valence-electron chi connectivity index (χ1n) is 23.6. The minimum atomic E-state index is -0.976. The number of nitriles is 1. The zero-order chi connectivity index (χ0) is 50.4. The molecule has 4 atom stereocenters. The first-order valence-corrected chi connectivity index (χ1v) is 24.9. The fourth-order valence-corrected chi connectivity index (χ4v) is 11.0. The van der Waals surface area contributed by atoms with Gasteiger partial charge in [-0.3, -0.25) is 19.2 Å². The largest absolute Gasteiger partial charge is 0.489 e. The van der Waals surface area contributed by atoms with E-state index < -0.39 is 52.1 Å². The SMILES string of the molecule is Cc1ncsc1-c1ccc([C@H](C)NC(=O)[C@@H]2C[C@@H](O)CN2C(=O)[C@@H](NC(=O)COCCCCCCc2ccc(C(=O)NC3C(C)(C)C(Oc4ccc(C#N)c(Cl)c4)C3(C)C)cc2F)C(C)(C)C)cc1. The van der Waals surface area contributed by atoms with Gasteiger partial charge < -0.3 is 35.4 Å². The van der Waals surface area contributed by atoms with Crippen molar-refractivity contribution in [3.05, 3.63) is 105 Å². The second-order valence-corrected chi connectivity index (χ2v) is 22.0. The van der Waals surface area contributed by atoms with Crippen LogP contribution in [-0.4, -0.2) is 88.7 Å². The summed E-state index contributed by atoms with van der Waals surface area (Å²) in [5, 5.41) is 29.1. The molecule has 16 heteroatoms. The number of nitrogens with one attached hydrogen (secondary N) is 3. The van der Waals surface area contributed by atoms with Gasteiger partial charge in [-0.25, -0.2) is 9.37 Å². The van der Waals surface area contributed by atoms with Crippen molar-refractivity contribution in [2.75, 3.05) is 19.8 Å². The van der Waals surface area contributed by atoms with Gasteiger partial charge in [0, 0.05) is 48.1 Å². The minimum absolute atomic E-state index is 0.0296. The number of aromatic nitrogens is 1. The molecule has 0 unspecified atom stereocenters. The van der Waals surface area contributed by atoms with Crippen LogP contribution in [0.3, 0.4) is 0 Å². The van der Waals surface area contributed by atoms with Gasteiger partial charge in [-0.1, -0.05) is 103 Å². The molecule has 2 fully saturated rings. The van der Waals surface area contributed by atoms with E-state index >= 15 is 4.39 Å². The first-order chi connectivity index (χ1) is 32.5. The van der Waals surface area contributed by atoms with E-state index in [1.54, 1.807) is 41.7 Å². The molecular weight excluding hydrogens is 919 g/mol. The number of thiazole rings is 1. The van der Waals surface area contributed by atoms with Gasteiger partial charge in [0.05, 0.1) is 38.8 Å². The lowest BCUT2D eigenvalue weighted by atomic mass is 9.49. The topological polar surface area (TPSA) is 183 Å². The summed E-state index contributed by atoms with van der Waals surface area (Å²) >= 11 is 7.79. The summed E-state index contributed by atoms with van der Waals surface area (Å²) in [5.41, 5.74) is 4.17.